The first-order valence-corrected chi connectivity index (χ1v) is 12.2. The van der Waals surface area contributed by atoms with Crippen molar-refractivity contribution in [3.8, 4) is 0 Å². The Labute approximate surface area is 174 Å². The van der Waals surface area contributed by atoms with Crippen molar-refractivity contribution in [1.29, 1.82) is 0 Å². The molecular formula is C20H23N3O4S2. The van der Waals surface area contributed by atoms with Crippen LogP contribution in [0, 0.1) is 0 Å². The molecule has 2 aliphatic rings. The molecule has 154 valence electrons. The van der Waals surface area contributed by atoms with E-state index < -0.39 is 15.9 Å². The van der Waals surface area contributed by atoms with Crippen LogP contribution in [-0.2, 0) is 14.8 Å². The quantitative estimate of drug-likeness (QED) is 0.756. The normalized spacial score (nSPS) is 20.1. The van der Waals surface area contributed by atoms with Gasteiger partial charge in [-0.05, 0) is 55.6 Å². The monoisotopic (exact) mass is 433 g/mol. The molecule has 1 N–H and O–H groups in total. The Hall–Kier alpha value is -2.23. The molecule has 1 aromatic carbocycles. The van der Waals surface area contributed by atoms with Gasteiger partial charge in [0.15, 0.2) is 0 Å². The minimum atomic E-state index is -3.65. The number of hydrogen-bond donors (Lipinski definition) is 1. The molecule has 2 saturated heterocycles. The number of carbonyl (C=O) groups excluding carboxylic acids is 2. The van der Waals surface area contributed by atoms with Gasteiger partial charge in [0.25, 0.3) is 5.91 Å². The van der Waals surface area contributed by atoms with Crippen LogP contribution in [0.4, 0.5) is 5.69 Å². The van der Waals surface area contributed by atoms with Crippen LogP contribution in [0.1, 0.15) is 40.5 Å². The van der Waals surface area contributed by atoms with Crippen molar-refractivity contribution in [2.75, 3.05) is 29.7 Å². The molecule has 0 saturated carbocycles. The average Bonchev–Trinajstić information content (AvgIpc) is 3.45. The van der Waals surface area contributed by atoms with Gasteiger partial charge in [0.05, 0.1) is 17.5 Å². The molecule has 7 nitrogen and oxygen atoms in total. The van der Waals surface area contributed by atoms with Crippen LogP contribution in [0.15, 0.2) is 41.8 Å². The van der Waals surface area contributed by atoms with E-state index in [9.17, 15) is 18.0 Å². The van der Waals surface area contributed by atoms with E-state index in [4.69, 9.17) is 0 Å². The summed E-state index contributed by atoms with van der Waals surface area (Å²) in [6.07, 6.45) is 2.30. The standard InChI is InChI=1S/C20H23N3O4S2/c24-19-8-12-29(26,27)23(19)16-6-3-5-15(13-16)20(25)21-14-17(18-7-4-11-28-18)22-9-1-2-10-22/h3-7,11,13,17H,1-2,8-10,12,14H2,(H,21,25). The minimum absolute atomic E-state index is 0.0307. The zero-order valence-corrected chi connectivity index (χ0v) is 17.5. The topological polar surface area (TPSA) is 86.8 Å². The molecule has 2 aliphatic heterocycles. The number of hydrogen-bond acceptors (Lipinski definition) is 6. The van der Waals surface area contributed by atoms with Gasteiger partial charge in [-0.2, -0.15) is 0 Å². The van der Waals surface area contributed by atoms with E-state index in [1.54, 1.807) is 23.5 Å². The maximum Gasteiger partial charge on any atom is 0.251 e. The predicted octanol–water partition coefficient (Wildman–Crippen LogP) is 2.38. The fraction of sp³-hybridized carbons (Fsp3) is 0.400. The molecular weight excluding hydrogens is 410 g/mol. The number of anilines is 1. The largest absolute Gasteiger partial charge is 0.350 e. The zero-order valence-electron chi connectivity index (χ0n) is 15.9. The molecule has 29 heavy (non-hydrogen) atoms. The fourth-order valence-corrected chi connectivity index (χ4v) is 6.19. The van der Waals surface area contributed by atoms with Gasteiger partial charge in [-0.3, -0.25) is 14.5 Å². The Balaban J connectivity index is 1.49. The first kappa shape index (κ1) is 20.1. The Morgan fingerprint density at radius 2 is 1.97 bits per heavy atom. The highest BCUT2D eigenvalue weighted by Crippen LogP contribution is 2.28. The molecule has 0 bridgehead atoms. The third kappa shape index (κ3) is 4.22. The summed E-state index contributed by atoms with van der Waals surface area (Å²) in [5, 5.41) is 5.03. The molecule has 0 spiro atoms. The molecule has 3 heterocycles. The molecule has 4 rings (SSSR count). The fourth-order valence-electron chi connectivity index (χ4n) is 3.88. The highest BCUT2D eigenvalue weighted by molar-refractivity contribution is 7.94. The summed E-state index contributed by atoms with van der Waals surface area (Å²) in [6.45, 7) is 2.51. The minimum Gasteiger partial charge on any atom is -0.350 e. The maximum atomic E-state index is 12.8. The van der Waals surface area contributed by atoms with E-state index in [2.05, 4.69) is 16.3 Å². The van der Waals surface area contributed by atoms with Crippen molar-refractivity contribution in [3.63, 3.8) is 0 Å². The summed E-state index contributed by atoms with van der Waals surface area (Å²) in [7, 11) is -3.65. The Morgan fingerprint density at radius 1 is 1.17 bits per heavy atom. The lowest BCUT2D eigenvalue weighted by Gasteiger charge is -2.27. The third-order valence-electron chi connectivity index (χ3n) is 5.33. The number of benzene rings is 1. The van der Waals surface area contributed by atoms with Crippen molar-refractivity contribution in [1.82, 2.24) is 10.2 Å². The van der Waals surface area contributed by atoms with E-state index in [-0.39, 0.29) is 29.8 Å². The number of nitrogens with zero attached hydrogens (tertiary/aromatic N) is 2. The van der Waals surface area contributed by atoms with E-state index in [1.807, 2.05) is 11.4 Å². The van der Waals surface area contributed by atoms with Gasteiger partial charge in [-0.1, -0.05) is 12.1 Å². The van der Waals surface area contributed by atoms with Crippen molar-refractivity contribution in [3.05, 3.63) is 52.2 Å². The Kier molecular flexibility index (Phi) is 5.71. The summed E-state index contributed by atoms with van der Waals surface area (Å²) < 4.78 is 25.1. The SMILES string of the molecule is O=C(NCC(c1cccs1)N1CCCC1)c1cccc(N2C(=O)CCS2(=O)=O)c1. The molecule has 2 aromatic rings. The molecule has 2 fully saturated rings. The molecule has 2 amide bonds. The summed E-state index contributed by atoms with van der Waals surface area (Å²) in [6, 6.07) is 10.5. The highest BCUT2D eigenvalue weighted by atomic mass is 32.2. The van der Waals surface area contributed by atoms with Gasteiger partial charge >= 0.3 is 0 Å². The number of sulfonamides is 1. The highest BCUT2D eigenvalue weighted by Gasteiger charge is 2.36. The van der Waals surface area contributed by atoms with E-state index >= 15 is 0 Å². The lowest BCUT2D eigenvalue weighted by atomic mass is 10.1. The molecule has 1 atom stereocenters. The van der Waals surface area contributed by atoms with Gasteiger partial charge in [0.2, 0.25) is 15.9 Å². The van der Waals surface area contributed by atoms with Crippen molar-refractivity contribution in [2.45, 2.75) is 25.3 Å². The average molecular weight is 434 g/mol. The maximum absolute atomic E-state index is 12.8. The Morgan fingerprint density at radius 3 is 2.62 bits per heavy atom. The van der Waals surface area contributed by atoms with Crippen LogP contribution in [0.25, 0.3) is 0 Å². The van der Waals surface area contributed by atoms with Crippen molar-refractivity contribution < 1.29 is 18.0 Å². The molecule has 1 aromatic heterocycles. The number of amides is 2. The number of nitrogens with one attached hydrogen (secondary N) is 1. The summed E-state index contributed by atoms with van der Waals surface area (Å²) >= 11 is 1.68. The van der Waals surface area contributed by atoms with Crippen LogP contribution in [0.5, 0.6) is 0 Å². The van der Waals surface area contributed by atoms with Crippen molar-refractivity contribution in [2.24, 2.45) is 0 Å². The summed E-state index contributed by atoms with van der Waals surface area (Å²) in [4.78, 5) is 28.4. The van der Waals surface area contributed by atoms with Gasteiger partial charge in [0.1, 0.15) is 0 Å². The second kappa shape index (κ2) is 8.25. The second-order valence-corrected chi connectivity index (χ2v) is 10.2. The number of carbonyl (C=O) groups is 2. The first-order valence-electron chi connectivity index (χ1n) is 9.67. The van der Waals surface area contributed by atoms with Crippen LogP contribution in [-0.4, -0.2) is 50.5 Å². The number of thiophene rings is 1. The molecule has 0 aliphatic carbocycles. The van der Waals surface area contributed by atoms with Gasteiger partial charge < -0.3 is 5.32 Å². The predicted molar refractivity (Wildman–Crippen MR) is 113 cm³/mol. The van der Waals surface area contributed by atoms with Crippen LogP contribution >= 0.6 is 11.3 Å². The zero-order chi connectivity index (χ0) is 20.4. The lowest BCUT2D eigenvalue weighted by molar-refractivity contribution is -0.116. The lowest BCUT2D eigenvalue weighted by Crippen LogP contribution is -2.36. The van der Waals surface area contributed by atoms with Crippen LogP contribution < -0.4 is 9.62 Å². The van der Waals surface area contributed by atoms with Gasteiger partial charge in [-0.15, -0.1) is 11.3 Å². The summed E-state index contributed by atoms with van der Waals surface area (Å²) in [5.41, 5.74) is 0.554. The van der Waals surface area contributed by atoms with Crippen molar-refractivity contribution >= 4 is 38.9 Å². The van der Waals surface area contributed by atoms with Gasteiger partial charge in [-0.25, -0.2) is 12.7 Å². The third-order valence-corrected chi connectivity index (χ3v) is 7.99. The Bertz CT molecular complexity index is 998. The second-order valence-electron chi connectivity index (χ2n) is 7.26. The number of likely N-dealkylation sites (tertiary alicyclic amines) is 1. The molecule has 9 heteroatoms. The van der Waals surface area contributed by atoms with Crippen LogP contribution in [0.3, 0.4) is 0 Å². The first-order chi connectivity index (χ1) is 14.0. The van der Waals surface area contributed by atoms with E-state index in [1.165, 1.54) is 17.0 Å². The summed E-state index contributed by atoms with van der Waals surface area (Å²) in [5.74, 6) is -0.938. The smallest absolute Gasteiger partial charge is 0.251 e. The van der Waals surface area contributed by atoms with E-state index in [0.29, 0.717) is 12.1 Å². The molecule has 1 unspecified atom stereocenters. The molecule has 0 radical (unpaired) electrons. The number of rotatable bonds is 6. The van der Waals surface area contributed by atoms with Crippen LogP contribution in [0.2, 0.25) is 0 Å². The van der Waals surface area contributed by atoms with Gasteiger partial charge in [0, 0.05) is 23.4 Å². The van der Waals surface area contributed by atoms with E-state index in [0.717, 1.165) is 30.2 Å².